The molecule has 0 aromatic carbocycles. The van der Waals surface area contributed by atoms with Crippen molar-refractivity contribution in [2.75, 3.05) is 0 Å². The predicted molar refractivity (Wildman–Crippen MR) is 46.2 cm³/mol. The minimum atomic E-state index is -2.79. The van der Waals surface area contributed by atoms with Crippen LogP contribution in [0, 0.1) is 17.1 Å². The van der Waals surface area contributed by atoms with Gasteiger partial charge < -0.3 is 0 Å². The lowest BCUT2D eigenvalue weighted by Gasteiger charge is -2.04. The summed E-state index contributed by atoms with van der Waals surface area (Å²) < 4.78 is 37.5. The Labute approximate surface area is 86.5 Å². The summed E-state index contributed by atoms with van der Waals surface area (Å²) in [6.07, 6.45) is -3.11. The van der Waals surface area contributed by atoms with Crippen molar-refractivity contribution in [2.45, 2.75) is 12.8 Å². The van der Waals surface area contributed by atoms with E-state index in [-0.39, 0.29) is 16.6 Å². The lowest BCUT2D eigenvalue weighted by Crippen LogP contribution is -2.00. The second kappa shape index (κ2) is 4.42. The number of rotatable bonds is 2. The SMILES string of the molecule is N#CCc1nc(C(F)F)c(Br)cc1F. The average molecular weight is 265 g/mol. The number of hydrogen-bond donors (Lipinski definition) is 0. The number of halogens is 4. The first-order valence-electron chi connectivity index (χ1n) is 3.56. The van der Waals surface area contributed by atoms with E-state index in [4.69, 9.17) is 5.26 Å². The summed E-state index contributed by atoms with van der Waals surface area (Å²) in [5.74, 6) is -0.761. The lowest BCUT2D eigenvalue weighted by molar-refractivity contribution is 0.144. The van der Waals surface area contributed by atoms with Crippen LogP contribution < -0.4 is 0 Å². The monoisotopic (exact) mass is 264 g/mol. The molecule has 1 aromatic rings. The molecule has 0 atom stereocenters. The van der Waals surface area contributed by atoms with Gasteiger partial charge in [-0.25, -0.2) is 18.2 Å². The summed E-state index contributed by atoms with van der Waals surface area (Å²) in [7, 11) is 0. The molecule has 6 heteroatoms. The van der Waals surface area contributed by atoms with Crippen molar-refractivity contribution in [1.82, 2.24) is 4.98 Å². The summed E-state index contributed by atoms with van der Waals surface area (Å²) in [5.41, 5.74) is -0.803. The molecule has 0 bridgehead atoms. The Morgan fingerprint density at radius 2 is 2.21 bits per heavy atom. The molecule has 0 amide bonds. The van der Waals surface area contributed by atoms with Crippen molar-refractivity contribution in [3.63, 3.8) is 0 Å². The molecule has 0 N–H and O–H groups in total. The maximum atomic E-state index is 13.0. The molecule has 0 fully saturated rings. The van der Waals surface area contributed by atoms with Crippen molar-refractivity contribution in [3.8, 4) is 6.07 Å². The molecule has 74 valence electrons. The molecule has 14 heavy (non-hydrogen) atoms. The van der Waals surface area contributed by atoms with Gasteiger partial charge in [0, 0.05) is 4.47 Å². The van der Waals surface area contributed by atoms with Gasteiger partial charge in [-0.15, -0.1) is 0 Å². The van der Waals surface area contributed by atoms with E-state index in [2.05, 4.69) is 20.9 Å². The first-order valence-corrected chi connectivity index (χ1v) is 4.35. The molecule has 0 unspecified atom stereocenters. The quantitative estimate of drug-likeness (QED) is 0.824. The highest BCUT2D eigenvalue weighted by atomic mass is 79.9. The fourth-order valence-corrected chi connectivity index (χ4v) is 1.34. The zero-order valence-electron chi connectivity index (χ0n) is 6.77. The molecule has 1 aromatic heterocycles. The normalized spacial score (nSPS) is 10.3. The van der Waals surface area contributed by atoms with Crippen LogP contribution in [0.5, 0.6) is 0 Å². The van der Waals surface area contributed by atoms with E-state index < -0.39 is 17.9 Å². The third kappa shape index (κ3) is 2.23. The van der Waals surface area contributed by atoms with E-state index in [1.807, 2.05) is 0 Å². The molecule has 0 aliphatic carbocycles. The molecule has 1 heterocycles. The lowest BCUT2D eigenvalue weighted by atomic mass is 10.2. The summed E-state index contributed by atoms with van der Waals surface area (Å²) in [6.45, 7) is 0. The highest BCUT2D eigenvalue weighted by molar-refractivity contribution is 9.10. The van der Waals surface area contributed by atoms with E-state index in [1.54, 1.807) is 6.07 Å². The van der Waals surface area contributed by atoms with Crippen LogP contribution in [0.15, 0.2) is 10.5 Å². The standard InChI is InChI=1S/C8H4BrF3N2/c9-4-3-5(10)6(1-2-13)14-7(4)8(11)12/h3,8H,1H2. The van der Waals surface area contributed by atoms with Gasteiger partial charge in [0.25, 0.3) is 6.43 Å². The van der Waals surface area contributed by atoms with Crippen LogP contribution in [0.1, 0.15) is 17.8 Å². The van der Waals surface area contributed by atoms with Gasteiger partial charge in [0.15, 0.2) is 0 Å². The van der Waals surface area contributed by atoms with Crippen LogP contribution >= 0.6 is 15.9 Å². The fraction of sp³-hybridized carbons (Fsp3) is 0.250. The van der Waals surface area contributed by atoms with E-state index in [9.17, 15) is 13.2 Å². The molecule has 0 aliphatic rings. The Hall–Kier alpha value is -1.09. The second-order valence-corrected chi connectivity index (χ2v) is 3.27. The minimum Gasteiger partial charge on any atom is -0.246 e. The number of nitrogens with zero attached hydrogens (tertiary/aromatic N) is 2. The van der Waals surface area contributed by atoms with Gasteiger partial charge in [0.1, 0.15) is 11.5 Å². The van der Waals surface area contributed by atoms with Crippen molar-refractivity contribution >= 4 is 15.9 Å². The highest BCUT2D eigenvalue weighted by Gasteiger charge is 2.17. The molecule has 0 saturated carbocycles. The van der Waals surface area contributed by atoms with E-state index in [0.29, 0.717) is 0 Å². The number of hydrogen-bond acceptors (Lipinski definition) is 2. The minimum absolute atomic E-state index is 0.0910. The first kappa shape index (κ1) is 11.0. The summed E-state index contributed by atoms with van der Waals surface area (Å²) in [4.78, 5) is 3.37. The van der Waals surface area contributed by atoms with Crippen molar-refractivity contribution in [3.05, 3.63) is 27.7 Å². The van der Waals surface area contributed by atoms with Crippen LogP contribution in [0.25, 0.3) is 0 Å². The Bertz CT molecular complexity index is 387. The van der Waals surface area contributed by atoms with Gasteiger partial charge >= 0.3 is 0 Å². The predicted octanol–water partition coefficient (Wildman–Crippen LogP) is 2.99. The van der Waals surface area contributed by atoms with Gasteiger partial charge in [-0.3, -0.25) is 0 Å². The van der Waals surface area contributed by atoms with Crippen LogP contribution in [0.3, 0.4) is 0 Å². The van der Waals surface area contributed by atoms with Crippen LogP contribution in [-0.2, 0) is 6.42 Å². The zero-order valence-corrected chi connectivity index (χ0v) is 8.35. The van der Waals surface area contributed by atoms with Gasteiger partial charge in [-0.1, -0.05) is 0 Å². The highest BCUT2D eigenvalue weighted by Crippen LogP contribution is 2.26. The maximum Gasteiger partial charge on any atom is 0.281 e. The summed E-state index contributed by atoms with van der Waals surface area (Å²) in [6, 6.07) is 2.54. The van der Waals surface area contributed by atoms with Crippen molar-refractivity contribution in [2.24, 2.45) is 0 Å². The Morgan fingerprint density at radius 1 is 1.57 bits per heavy atom. The van der Waals surface area contributed by atoms with Crippen LogP contribution in [0.2, 0.25) is 0 Å². The van der Waals surface area contributed by atoms with Crippen molar-refractivity contribution < 1.29 is 13.2 Å². The molecule has 2 nitrogen and oxygen atoms in total. The molecular formula is C8H4BrF3N2. The van der Waals surface area contributed by atoms with Gasteiger partial charge in [-0.05, 0) is 22.0 Å². The van der Waals surface area contributed by atoms with Crippen LogP contribution in [0.4, 0.5) is 13.2 Å². The molecule has 0 aliphatic heterocycles. The Balaban J connectivity index is 3.21. The number of pyridine rings is 1. The number of alkyl halides is 2. The summed E-state index contributed by atoms with van der Waals surface area (Å²) >= 11 is 2.77. The van der Waals surface area contributed by atoms with Gasteiger partial charge in [-0.2, -0.15) is 5.26 Å². The third-order valence-electron chi connectivity index (χ3n) is 1.48. The first-order chi connectivity index (χ1) is 6.56. The van der Waals surface area contributed by atoms with Gasteiger partial charge in [0.05, 0.1) is 18.2 Å². The molecule has 0 radical (unpaired) electrons. The third-order valence-corrected chi connectivity index (χ3v) is 2.12. The smallest absolute Gasteiger partial charge is 0.246 e. The zero-order chi connectivity index (χ0) is 10.7. The Kier molecular flexibility index (Phi) is 3.47. The van der Waals surface area contributed by atoms with E-state index in [1.165, 1.54) is 0 Å². The molecule has 0 spiro atoms. The average Bonchev–Trinajstić information content (AvgIpc) is 2.09. The van der Waals surface area contributed by atoms with Gasteiger partial charge in [0.2, 0.25) is 0 Å². The summed E-state index contributed by atoms with van der Waals surface area (Å²) in [5, 5.41) is 8.29. The maximum absolute atomic E-state index is 13.0. The Morgan fingerprint density at radius 3 is 2.71 bits per heavy atom. The number of nitriles is 1. The van der Waals surface area contributed by atoms with E-state index in [0.717, 1.165) is 6.07 Å². The molecular weight excluding hydrogens is 261 g/mol. The fourth-order valence-electron chi connectivity index (χ4n) is 0.873. The number of aromatic nitrogens is 1. The van der Waals surface area contributed by atoms with E-state index >= 15 is 0 Å². The largest absolute Gasteiger partial charge is 0.281 e. The second-order valence-electron chi connectivity index (χ2n) is 2.42. The van der Waals surface area contributed by atoms with Crippen LogP contribution in [-0.4, -0.2) is 4.98 Å². The topological polar surface area (TPSA) is 36.7 Å². The molecule has 1 rings (SSSR count). The molecule has 0 saturated heterocycles. The van der Waals surface area contributed by atoms with Crippen molar-refractivity contribution in [1.29, 1.82) is 5.26 Å².